The second-order valence-electron chi connectivity index (χ2n) is 8.30. The second kappa shape index (κ2) is 26.0. The molecule has 0 aromatic carbocycles. The van der Waals surface area contributed by atoms with E-state index in [1.807, 2.05) is 20.8 Å². The van der Waals surface area contributed by atoms with E-state index in [0.29, 0.717) is 99.1 Å². The minimum atomic E-state index is -0.511. The van der Waals surface area contributed by atoms with E-state index in [2.05, 4.69) is 6.58 Å². The first-order valence-electron chi connectivity index (χ1n) is 12.5. The lowest BCUT2D eigenvalue weighted by Gasteiger charge is -2.19. The average Bonchev–Trinajstić information content (AvgIpc) is 2.84. The first-order valence-corrected chi connectivity index (χ1v) is 12.5. The van der Waals surface area contributed by atoms with E-state index in [1.54, 1.807) is 0 Å². The normalized spacial score (nSPS) is 11.4. The number of hydrogen-bond acceptors (Lipinski definition) is 12. The zero-order valence-corrected chi connectivity index (χ0v) is 22.7. The van der Waals surface area contributed by atoms with Crippen molar-refractivity contribution in [3.05, 3.63) is 12.7 Å². The SMILES string of the molecule is C=CC(=O)OCCOCCOCCOCCOCCOCCOCCOCCOCC(=O)OC(C)(C)C. The van der Waals surface area contributed by atoms with Crippen LogP contribution in [0.2, 0.25) is 0 Å². The molecule has 0 unspecified atom stereocenters. The molecule has 0 spiro atoms. The molecule has 0 aromatic rings. The summed E-state index contributed by atoms with van der Waals surface area (Å²) in [6.45, 7) is 15.4. The van der Waals surface area contributed by atoms with Gasteiger partial charge in [0.25, 0.3) is 0 Å². The zero-order chi connectivity index (χ0) is 27.5. The molecule has 0 heterocycles. The minimum Gasteiger partial charge on any atom is -0.460 e. The molecule has 0 aliphatic heterocycles. The van der Waals surface area contributed by atoms with Gasteiger partial charge >= 0.3 is 11.9 Å². The van der Waals surface area contributed by atoms with E-state index in [-0.39, 0.29) is 13.2 Å². The summed E-state index contributed by atoms with van der Waals surface area (Å²) in [5.74, 6) is -0.853. The van der Waals surface area contributed by atoms with Crippen molar-refractivity contribution in [2.24, 2.45) is 0 Å². The Bertz CT molecular complexity index is 550. The first kappa shape index (κ1) is 35.4. The molecule has 0 atom stereocenters. The third-order valence-corrected chi connectivity index (χ3v) is 3.88. The van der Waals surface area contributed by atoms with Crippen molar-refractivity contribution in [3.63, 3.8) is 0 Å². The van der Waals surface area contributed by atoms with Crippen LogP contribution in [0.25, 0.3) is 0 Å². The molecular formula is C25H46O12. The zero-order valence-electron chi connectivity index (χ0n) is 22.7. The van der Waals surface area contributed by atoms with Crippen LogP contribution in [0, 0.1) is 0 Å². The molecule has 0 bridgehead atoms. The molecule has 218 valence electrons. The number of hydrogen-bond donors (Lipinski definition) is 0. The highest BCUT2D eigenvalue weighted by Crippen LogP contribution is 2.06. The van der Waals surface area contributed by atoms with Gasteiger partial charge in [-0.3, -0.25) is 0 Å². The lowest BCUT2D eigenvalue weighted by molar-refractivity contribution is -0.160. The fourth-order valence-electron chi connectivity index (χ4n) is 2.33. The Morgan fingerprint density at radius 1 is 0.541 bits per heavy atom. The monoisotopic (exact) mass is 538 g/mol. The van der Waals surface area contributed by atoms with Crippen molar-refractivity contribution < 1.29 is 57.0 Å². The van der Waals surface area contributed by atoms with Crippen molar-refractivity contribution >= 4 is 11.9 Å². The van der Waals surface area contributed by atoms with Gasteiger partial charge < -0.3 is 47.4 Å². The molecule has 37 heavy (non-hydrogen) atoms. The summed E-state index contributed by atoms with van der Waals surface area (Å²) in [6, 6.07) is 0. The molecule has 12 heteroatoms. The summed E-state index contributed by atoms with van der Waals surface area (Å²) < 4.78 is 52.7. The number of rotatable bonds is 27. The predicted octanol–water partition coefficient (Wildman–Crippen LogP) is 1.19. The second-order valence-corrected chi connectivity index (χ2v) is 8.30. The third kappa shape index (κ3) is 30.5. The summed E-state index contributed by atoms with van der Waals surface area (Å²) >= 11 is 0. The highest BCUT2D eigenvalue weighted by Gasteiger charge is 2.15. The van der Waals surface area contributed by atoms with Crippen LogP contribution < -0.4 is 0 Å². The lowest BCUT2D eigenvalue weighted by atomic mass is 10.2. The van der Waals surface area contributed by atoms with Crippen molar-refractivity contribution in [2.75, 3.05) is 112 Å². The predicted molar refractivity (Wildman–Crippen MR) is 134 cm³/mol. The topological polar surface area (TPSA) is 126 Å². The maximum Gasteiger partial charge on any atom is 0.332 e. The maximum atomic E-state index is 11.5. The summed E-state index contributed by atoms with van der Waals surface area (Å²) in [6.07, 6.45) is 1.11. The highest BCUT2D eigenvalue weighted by atomic mass is 16.6. The van der Waals surface area contributed by atoms with Gasteiger partial charge in [0, 0.05) is 6.08 Å². The summed E-state index contributed by atoms with van der Waals surface area (Å²) in [5, 5.41) is 0. The van der Waals surface area contributed by atoms with Gasteiger partial charge in [0.1, 0.15) is 18.8 Å². The number of esters is 2. The molecule has 0 rings (SSSR count). The Kier molecular flexibility index (Phi) is 24.8. The van der Waals surface area contributed by atoms with Gasteiger partial charge in [0.2, 0.25) is 0 Å². The fraction of sp³-hybridized carbons (Fsp3) is 0.840. The standard InChI is InChI=1S/C25H46O12/c1-5-23(26)36-21-20-34-17-16-32-13-12-30-9-8-28-6-7-29-10-11-31-14-15-33-18-19-35-22-24(27)37-25(2,3)4/h5H,1,6-22H2,2-4H3. The Morgan fingerprint density at radius 2 is 0.838 bits per heavy atom. The summed E-state index contributed by atoms with van der Waals surface area (Å²) in [7, 11) is 0. The summed E-state index contributed by atoms with van der Waals surface area (Å²) in [4.78, 5) is 22.3. The number of carbonyl (C=O) groups is 2. The molecule has 0 N–H and O–H groups in total. The van der Waals surface area contributed by atoms with Gasteiger partial charge in [-0.1, -0.05) is 6.58 Å². The van der Waals surface area contributed by atoms with Gasteiger partial charge in [0.05, 0.1) is 99.1 Å². The fourth-order valence-corrected chi connectivity index (χ4v) is 2.33. The molecule has 0 amide bonds. The Balaban J connectivity index is 3.12. The third-order valence-electron chi connectivity index (χ3n) is 3.88. The van der Waals surface area contributed by atoms with E-state index in [4.69, 9.17) is 47.4 Å². The Hall–Kier alpha value is -1.64. The average molecular weight is 539 g/mol. The van der Waals surface area contributed by atoms with E-state index in [1.165, 1.54) is 0 Å². The number of ether oxygens (including phenoxy) is 10. The molecule has 12 nitrogen and oxygen atoms in total. The van der Waals surface area contributed by atoms with E-state index in [0.717, 1.165) is 6.08 Å². The smallest absolute Gasteiger partial charge is 0.332 e. The largest absolute Gasteiger partial charge is 0.460 e. The van der Waals surface area contributed by atoms with Crippen molar-refractivity contribution in [2.45, 2.75) is 26.4 Å². The van der Waals surface area contributed by atoms with E-state index in [9.17, 15) is 9.59 Å². The van der Waals surface area contributed by atoms with Crippen LogP contribution in [0.5, 0.6) is 0 Å². The van der Waals surface area contributed by atoms with Crippen LogP contribution in [0.3, 0.4) is 0 Å². The molecule has 0 radical (unpaired) electrons. The van der Waals surface area contributed by atoms with Crippen LogP contribution in [0.15, 0.2) is 12.7 Å². The van der Waals surface area contributed by atoms with Crippen LogP contribution in [0.1, 0.15) is 20.8 Å². The first-order chi connectivity index (χ1) is 17.8. The minimum absolute atomic E-state index is 0.0857. The lowest BCUT2D eigenvalue weighted by Crippen LogP contribution is -2.27. The molecule has 0 aromatic heterocycles. The summed E-state index contributed by atoms with van der Waals surface area (Å²) in [5.41, 5.74) is -0.511. The Morgan fingerprint density at radius 3 is 1.14 bits per heavy atom. The van der Waals surface area contributed by atoms with Crippen LogP contribution >= 0.6 is 0 Å². The van der Waals surface area contributed by atoms with Gasteiger partial charge in [-0.2, -0.15) is 0 Å². The van der Waals surface area contributed by atoms with Gasteiger partial charge in [-0.15, -0.1) is 0 Å². The molecule has 0 saturated carbocycles. The van der Waals surface area contributed by atoms with Crippen LogP contribution in [0.4, 0.5) is 0 Å². The maximum absolute atomic E-state index is 11.5. The van der Waals surface area contributed by atoms with Crippen molar-refractivity contribution in [1.82, 2.24) is 0 Å². The van der Waals surface area contributed by atoms with Crippen LogP contribution in [-0.4, -0.2) is 130 Å². The van der Waals surface area contributed by atoms with E-state index < -0.39 is 17.5 Å². The van der Waals surface area contributed by atoms with Gasteiger partial charge in [0.15, 0.2) is 0 Å². The van der Waals surface area contributed by atoms with Gasteiger partial charge in [-0.25, -0.2) is 9.59 Å². The highest BCUT2D eigenvalue weighted by molar-refractivity contribution is 5.81. The molecule has 0 aliphatic rings. The quantitative estimate of drug-likeness (QED) is 0.0847. The van der Waals surface area contributed by atoms with Crippen molar-refractivity contribution in [3.8, 4) is 0 Å². The number of carbonyl (C=O) groups excluding carboxylic acids is 2. The van der Waals surface area contributed by atoms with Gasteiger partial charge in [-0.05, 0) is 20.8 Å². The molecule has 0 saturated heterocycles. The molecular weight excluding hydrogens is 492 g/mol. The Labute approximate surface area is 220 Å². The molecule has 0 aliphatic carbocycles. The van der Waals surface area contributed by atoms with Crippen molar-refractivity contribution in [1.29, 1.82) is 0 Å². The molecule has 0 fully saturated rings. The van der Waals surface area contributed by atoms with Crippen LogP contribution in [-0.2, 0) is 57.0 Å². The van der Waals surface area contributed by atoms with E-state index >= 15 is 0 Å².